The molecule has 0 radical (unpaired) electrons. The first kappa shape index (κ1) is 27.2. The van der Waals surface area contributed by atoms with Crippen molar-refractivity contribution in [1.82, 2.24) is 4.90 Å². The molecule has 8 heteroatoms. The van der Waals surface area contributed by atoms with Crippen molar-refractivity contribution in [2.24, 2.45) is 17.3 Å². The molecule has 0 unspecified atom stereocenters. The van der Waals surface area contributed by atoms with Crippen molar-refractivity contribution in [1.29, 1.82) is 0 Å². The van der Waals surface area contributed by atoms with Gasteiger partial charge in [-0.2, -0.15) is 0 Å². The minimum atomic E-state index is -1.09. The molecule has 192 valence electrons. The van der Waals surface area contributed by atoms with Gasteiger partial charge in [-0.15, -0.1) is 11.3 Å². The van der Waals surface area contributed by atoms with Crippen LogP contribution < -0.4 is 4.90 Å². The molecule has 0 bridgehead atoms. The lowest BCUT2D eigenvalue weighted by atomic mass is 9.82. The topological polar surface area (TPSA) is 87.2 Å². The number of carboxylic acids is 1. The molecule has 7 nitrogen and oxygen atoms in total. The van der Waals surface area contributed by atoms with Crippen LogP contribution in [0.4, 0.5) is 5.69 Å². The summed E-state index contributed by atoms with van der Waals surface area (Å²) in [6.45, 7) is 12.1. The van der Waals surface area contributed by atoms with Crippen LogP contribution in [0.2, 0.25) is 0 Å². The van der Waals surface area contributed by atoms with E-state index >= 15 is 0 Å². The summed E-state index contributed by atoms with van der Waals surface area (Å²) in [5.74, 6) is 5.43. The molecule has 1 aliphatic heterocycles. The summed E-state index contributed by atoms with van der Waals surface area (Å²) in [6, 6.07) is 1.24. The number of nitrogens with zero attached hydrogens (tertiary/aromatic N) is 2. The predicted octanol–water partition coefficient (Wildman–Crippen LogP) is 4.64. The Morgan fingerprint density at radius 1 is 1.20 bits per heavy atom. The van der Waals surface area contributed by atoms with E-state index in [4.69, 9.17) is 4.74 Å². The summed E-state index contributed by atoms with van der Waals surface area (Å²) in [7, 11) is 0. The molecule has 1 aromatic heterocycles. The van der Waals surface area contributed by atoms with Gasteiger partial charge in [0.2, 0.25) is 11.8 Å². The van der Waals surface area contributed by atoms with E-state index < -0.39 is 12.0 Å². The van der Waals surface area contributed by atoms with Crippen molar-refractivity contribution in [3.63, 3.8) is 0 Å². The van der Waals surface area contributed by atoms with Gasteiger partial charge in [0, 0.05) is 36.9 Å². The van der Waals surface area contributed by atoms with Gasteiger partial charge in [0.05, 0.1) is 23.8 Å². The van der Waals surface area contributed by atoms with Gasteiger partial charge in [-0.1, -0.05) is 18.8 Å². The van der Waals surface area contributed by atoms with E-state index in [0.29, 0.717) is 42.8 Å². The standard InChI is InChI=1S/C27H38N2O5S/c1-18-6-8-20(9-7-18)25(31)29(19(2)16-23(30)28-12-14-34-15-13-28)22-17-21(10-11-27(3,4)5)35-24(22)26(32)33/h17-20H,6-9,12-16H2,1-5H3,(H,32,33)/t18?,19-,20?/m1/s1. The number of rotatable bonds is 6. The third-order valence-corrected chi connectivity index (χ3v) is 7.63. The van der Waals surface area contributed by atoms with Crippen molar-refractivity contribution in [3.05, 3.63) is 15.8 Å². The van der Waals surface area contributed by atoms with E-state index in [1.807, 2.05) is 27.7 Å². The number of hydrogen-bond donors (Lipinski definition) is 1. The highest BCUT2D eigenvalue weighted by Crippen LogP contribution is 2.36. The van der Waals surface area contributed by atoms with Crippen molar-refractivity contribution in [3.8, 4) is 11.8 Å². The van der Waals surface area contributed by atoms with Gasteiger partial charge >= 0.3 is 5.97 Å². The molecule has 0 aromatic carbocycles. The molecular weight excluding hydrogens is 464 g/mol. The molecule has 35 heavy (non-hydrogen) atoms. The fraction of sp³-hybridized carbons (Fsp3) is 0.667. The molecule has 1 aromatic rings. The van der Waals surface area contributed by atoms with E-state index in [1.54, 1.807) is 15.9 Å². The number of carbonyl (C=O) groups is 3. The maximum Gasteiger partial charge on any atom is 0.348 e. The van der Waals surface area contributed by atoms with Crippen molar-refractivity contribution < 1.29 is 24.2 Å². The number of carbonyl (C=O) groups excluding carboxylic acids is 2. The van der Waals surface area contributed by atoms with Gasteiger partial charge in [0.1, 0.15) is 4.88 Å². The molecular formula is C27H38N2O5S. The molecule has 1 N–H and O–H groups in total. The first-order valence-corrected chi connectivity index (χ1v) is 13.4. The van der Waals surface area contributed by atoms with Gasteiger partial charge < -0.3 is 19.6 Å². The van der Waals surface area contributed by atoms with Crippen LogP contribution >= 0.6 is 11.3 Å². The van der Waals surface area contributed by atoms with Crippen LogP contribution in [-0.4, -0.2) is 60.1 Å². The Morgan fingerprint density at radius 3 is 2.40 bits per heavy atom. The number of aromatic carboxylic acids is 1. The average Bonchev–Trinajstić information content (AvgIpc) is 3.22. The third kappa shape index (κ3) is 7.31. The van der Waals surface area contributed by atoms with Crippen LogP contribution in [0.5, 0.6) is 0 Å². The van der Waals surface area contributed by atoms with E-state index in [0.717, 1.165) is 37.0 Å². The monoisotopic (exact) mass is 502 g/mol. The number of ether oxygens (including phenoxy) is 1. The molecule has 1 saturated carbocycles. The van der Waals surface area contributed by atoms with Crippen molar-refractivity contribution in [2.75, 3.05) is 31.2 Å². The zero-order chi connectivity index (χ0) is 25.8. The predicted molar refractivity (Wildman–Crippen MR) is 138 cm³/mol. The lowest BCUT2D eigenvalue weighted by Crippen LogP contribution is -2.47. The van der Waals surface area contributed by atoms with E-state index in [2.05, 4.69) is 18.8 Å². The number of carboxylic acid groups (broad SMARTS) is 1. The zero-order valence-electron chi connectivity index (χ0n) is 21.6. The second kappa shape index (κ2) is 11.6. The van der Waals surface area contributed by atoms with Crippen LogP contribution in [0.1, 0.15) is 81.3 Å². The van der Waals surface area contributed by atoms with Crippen LogP contribution in [-0.2, 0) is 14.3 Å². The molecule has 1 aliphatic carbocycles. The fourth-order valence-corrected chi connectivity index (χ4v) is 5.43. The highest BCUT2D eigenvalue weighted by atomic mass is 32.1. The Labute approximate surface area is 212 Å². The van der Waals surface area contributed by atoms with E-state index in [9.17, 15) is 19.5 Å². The number of anilines is 1. The number of morpholine rings is 1. The van der Waals surface area contributed by atoms with Crippen LogP contribution in [0, 0.1) is 29.1 Å². The minimum absolute atomic E-state index is 0.0456. The van der Waals surface area contributed by atoms with Crippen LogP contribution in [0.3, 0.4) is 0 Å². The Bertz CT molecular complexity index is 985. The quantitative estimate of drug-likeness (QED) is 0.573. The number of thiophene rings is 1. The second-order valence-corrected chi connectivity index (χ2v) is 11.9. The smallest absolute Gasteiger partial charge is 0.348 e. The molecule has 2 aliphatic rings. The summed E-state index contributed by atoms with van der Waals surface area (Å²) in [5, 5.41) is 9.99. The fourth-order valence-electron chi connectivity index (χ4n) is 4.59. The summed E-state index contributed by atoms with van der Waals surface area (Å²) in [6.07, 6.45) is 3.65. The van der Waals surface area contributed by atoms with Gasteiger partial charge in [-0.3, -0.25) is 9.59 Å². The summed E-state index contributed by atoms with van der Waals surface area (Å²) < 4.78 is 5.35. The normalized spacial score (nSPS) is 21.6. The largest absolute Gasteiger partial charge is 0.477 e. The van der Waals surface area contributed by atoms with Crippen molar-refractivity contribution >= 4 is 34.8 Å². The third-order valence-electron chi connectivity index (χ3n) is 6.60. The molecule has 2 fully saturated rings. The SMILES string of the molecule is CC1CCC(C(=O)N(c2cc(C#CC(C)(C)C)sc2C(=O)O)[C@H](C)CC(=O)N2CCOCC2)CC1. The number of amides is 2. The van der Waals surface area contributed by atoms with Gasteiger partial charge in [-0.25, -0.2) is 4.79 Å². The molecule has 2 amide bonds. The highest BCUT2D eigenvalue weighted by Gasteiger charge is 2.35. The Morgan fingerprint density at radius 2 is 1.83 bits per heavy atom. The highest BCUT2D eigenvalue weighted by molar-refractivity contribution is 7.15. The molecule has 1 saturated heterocycles. The minimum Gasteiger partial charge on any atom is -0.477 e. The summed E-state index contributed by atoms with van der Waals surface area (Å²) in [5.41, 5.74) is 0.117. The lowest BCUT2D eigenvalue weighted by molar-refractivity contribution is -0.135. The maximum atomic E-state index is 13.9. The molecule has 3 rings (SSSR count). The van der Waals surface area contributed by atoms with E-state index in [1.165, 1.54) is 0 Å². The zero-order valence-corrected chi connectivity index (χ0v) is 22.4. The molecule has 0 spiro atoms. The average molecular weight is 503 g/mol. The molecule has 1 atom stereocenters. The first-order valence-electron chi connectivity index (χ1n) is 12.5. The van der Waals surface area contributed by atoms with Crippen LogP contribution in [0.15, 0.2) is 6.07 Å². The summed E-state index contributed by atoms with van der Waals surface area (Å²) >= 11 is 1.09. The van der Waals surface area contributed by atoms with Crippen LogP contribution in [0.25, 0.3) is 0 Å². The number of hydrogen-bond acceptors (Lipinski definition) is 5. The Kier molecular flexibility index (Phi) is 9.00. The summed E-state index contributed by atoms with van der Waals surface area (Å²) in [4.78, 5) is 43.1. The lowest BCUT2D eigenvalue weighted by Gasteiger charge is -2.35. The van der Waals surface area contributed by atoms with Crippen molar-refractivity contribution in [2.45, 2.75) is 72.8 Å². The van der Waals surface area contributed by atoms with Gasteiger partial charge in [-0.05, 0) is 65.4 Å². The maximum absolute atomic E-state index is 13.9. The second-order valence-electron chi connectivity index (χ2n) is 10.8. The Balaban J connectivity index is 1.96. The Hall–Kier alpha value is -2.37. The van der Waals surface area contributed by atoms with Gasteiger partial charge in [0.25, 0.3) is 0 Å². The first-order chi connectivity index (χ1) is 16.5. The van der Waals surface area contributed by atoms with E-state index in [-0.39, 0.29) is 34.4 Å². The molecule has 2 heterocycles. The van der Waals surface area contributed by atoms with Gasteiger partial charge in [0.15, 0.2) is 0 Å².